The molecule has 5 nitrogen and oxygen atoms in total. The number of hydrogen-bond acceptors (Lipinski definition) is 4. The Labute approximate surface area is 168 Å². The Morgan fingerprint density at radius 1 is 1.18 bits per heavy atom. The molecule has 2 amide bonds. The van der Waals surface area contributed by atoms with E-state index in [2.05, 4.69) is 21.7 Å². The predicted octanol–water partition coefficient (Wildman–Crippen LogP) is 3.94. The van der Waals surface area contributed by atoms with Gasteiger partial charge in [0, 0.05) is 31.0 Å². The van der Waals surface area contributed by atoms with E-state index in [1.165, 1.54) is 4.70 Å². The van der Waals surface area contributed by atoms with Crippen LogP contribution in [0, 0.1) is 5.92 Å². The second-order valence-electron chi connectivity index (χ2n) is 7.11. The first-order valence-electron chi connectivity index (χ1n) is 9.69. The van der Waals surface area contributed by atoms with Crippen LogP contribution in [0.3, 0.4) is 0 Å². The number of nitrogens with one attached hydrogen (secondary N) is 2. The smallest absolute Gasteiger partial charge is 0.227 e. The van der Waals surface area contributed by atoms with Gasteiger partial charge in [-0.2, -0.15) is 0 Å². The number of carbonyl (C=O) groups excluding carboxylic acids is 2. The van der Waals surface area contributed by atoms with Crippen LogP contribution in [0.5, 0.6) is 0 Å². The molecular formula is C22H23N3O2S. The van der Waals surface area contributed by atoms with Crippen LogP contribution in [0.4, 0.5) is 5.69 Å². The molecule has 0 spiro atoms. The fourth-order valence-electron chi connectivity index (χ4n) is 3.53. The van der Waals surface area contributed by atoms with E-state index >= 15 is 0 Å². The fourth-order valence-corrected chi connectivity index (χ4v) is 4.54. The average molecular weight is 394 g/mol. The van der Waals surface area contributed by atoms with Gasteiger partial charge in [0.15, 0.2) is 0 Å². The lowest BCUT2D eigenvalue weighted by molar-refractivity contribution is -0.122. The summed E-state index contributed by atoms with van der Waals surface area (Å²) in [6.07, 6.45) is 3.38. The molecule has 0 fully saturated rings. The van der Waals surface area contributed by atoms with E-state index in [0.717, 1.165) is 34.6 Å². The number of amides is 2. The van der Waals surface area contributed by atoms with Gasteiger partial charge < -0.3 is 10.6 Å². The van der Waals surface area contributed by atoms with Crippen molar-refractivity contribution in [1.29, 1.82) is 0 Å². The van der Waals surface area contributed by atoms with Crippen molar-refractivity contribution in [3.05, 3.63) is 59.1 Å². The van der Waals surface area contributed by atoms with E-state index in [-0.39, 0.29) is 17.7 Å². The Kier molecular flexibility index (Phi) is 5.67. The quantitative estimate of drug-likeness (QED) is 0.598. The third kappa shape index (κ3) is 4.39. The highest BCUT2D eigenvalue weighted by Crippen LogP contribution is 2.27. The summed E-state index contributed by atoms with van der Waals surface area (Å²) in [6, 6.07) is 16.0. The number of nitrogens with zero attached hydrogens (tertiary/aromatic N) is 1. The van der Waals surface area contributed by atoms with Crippen LogP contribution in [0.1, 0.15) is 29.8 Å². The summed E-state index contributed by atoms with van der Waals surface area (Å²) in [4.78, 5) is 29.0. The van der Waals surface area contributed by atoms with Crippen molar-refractivity contribution in [3.8, 4) is 0 Å². The number of fused-ring (bicyclic) bond motifs is 2. The van der Waals surface area contributed by atoms with Crippen LogP contribution in [0.2, 0.25) is 0 Å². The number of hydrogen-bond donors (Lipinski definition) is 2. The molecule has 0 bridgehead atoms. The summed E-state index contributed by atoms with van der Waals surface area (Å²) in [6.45, 7) is 0.633. The van der Waals surface area contributed by atoms with E-state index < -0.39 is 0 Å². The van der Waals surface area contributed by atoms with Gasteiger partial charge in [0.1, 0.15) is 0 Å². The maximum absolute atomic E-state index is 12.2. The summed E-state index contributed by atoms with van der Waals surface area (Å²) in [5.74, 6) is -0.110. The van der Waals surface area contributed by atoms with Crippen molar-refractivity contribution < 1.29 is 9.59 Å². The molecule has 0 saturated carbocycles. The molecule has 0 radical (unpaired) electrons. The minimum Gasteiger partial charge on any atom is -0.356 e. The van der Waals surface area contributed by atoms with Crippen LogP contribution < -0.4 is 10.6 Å². The Morgan fingerprint density at radius 2 is 2.00 bits per heavy atom. The second-order valence-corrected chi connectivity index (χ2v) is 8.23. The molecule has 2 heterocycles. The predicted molar refractivity (Wildman–Crippen MR) is 112 cm³/mol. The molecule has 1 aliphatic rings. The van der Waals surface area contributed by atoms with E-state index in [4.69, 9.17) is 0 Å². The van der Waals surface area contributed by atoms with E-state index in [9.17, 15) is 9.59 Å². The number of rotatable bonds is 7. The van der Waals surface area contributed by atoms with Crippen LogP contribution in [0.15, 0.2) is 48.5 Å². The highest BCUT2D eigenvalue weighted by molar-refractivity contribution is 7.18. The monoisotopic (exact) mass is 393 g/mol. The molecular weight excluding hydrogens is 370 g/mol. The molecule has 28 heavy (non-hydrogen) atoms. The molecule has 1 aliphatic heterocycles. The van der Waals surface area contributed by atoms with Gasteiger partial charge in [-0.05, 0) is 43.0 Å². The summed E-state index contributed by atoms with van der Waals surface area (Å²) < 4.78 is 1.20. The maximum atomic E-state index is 12.2. The summed E-state index contributed by atoms with van der Waals surface area (Å²) in [5, 5.41) is 7.01. The SMILES string of the molecule is O=C(CCC1Cc2ccccc2NC1=O)NCCCc1nc2ccccc2s1. The third-order valence-corrected chi connectivity index (χ3v) is 6.16. The second kappa shape index (κ2) is 8.52. The van der Waals surface area contributed by atoms with Gasteiger partial charge in [0.25, 0.3) is 0 Å². The average Bonchev–Trinajstić information content (AvgIpc) is 3.12. The zero-order valence-electron chi connectivity index (χ0n) is 15.6. The van der Waals surface area contributed by atoms with E-state index in [1.807, 2.05) is 42.5 Å². The van der Waals surface area contributed by atoms with Crippen LogP contribution in [-0.4, -0.2) is 23.3 Å². The normalized spacial score (nSPS) is 15.9. The van der Waals surface area contributed by atoms with Crippen molar-refractivity contribution in [2.75, 3.05) is 11.9 Å². The minimum absolute atomic E-state index is 0.0101. The molecule has 2 N–H and O–H groups in total. The van der Waals surface area contributed by atoms with Crippen molar-refractivity contribution in [1.82, 2.24) is 10.3 Å². The number of thiazole rings is 1. The maximum Gasteiger partial charge on any atom is 0.227 e. The van der Waals surface area contributed by atoms with Crippen molar-refractivity contribution in [2.45, 2.75) is 32.1 Å². The molecule has 3 aromatic rings. The van der Waals surface area contributed by atoms with Gasteiger partial charge in [-0.1, -0.05) is 30.3 Å². The van der Waals surface area contributed by atoms with Gasteiger partial charge >= 0.3 is 0 Å². The largest absolute Gasteiger partial charge is 0.356 e. The Bertz CT molecular complexity index is 965. The molecule has 0 aliphatic carbocycles. The topological polar surface area (TPSA) is 71.1 Å². The van der Waals surface area contributed by atoms with Crippen molar-refractivity contribution in [2.24, 2.45) is 5.92 Å². The lowest BCUT2D eigenvalue weighted by Crippen LogP contribution is -2.32. The Hall–Kier alpha value is -2.73. The van der Waals surface area contributed by atoms with E-state index in [0.29, 0.717) is 25.8 Å². The first-order chi connectivity index (χ1) is 13.7. The van der Waals surface area contributed by atoms with E-state index in [1.54, 1.807) is 11.3 Å². The minimum atomic E-state index is -0.136. The number of carbonyl (C=O) groups is 2. The van der Waals surface area contributed by atoms with Gasteiger partial charge in [-0.25, -0.2) is 4.98 Å². The third-order valence-electron chi connectivity index (χ3n) is 5.06. The zero-order chi connectivity index (χ0) is 19.3. The fraction of sp³-hybridized carbons (Fsp3) is 0.318. The molecule has 144 valence electrons. The number of anilines is 1. The molecule has 1 atom stereocenters. The standard InChI is InChI=1S/C22H23N3O2S/c26-20(12-11-16-14-15-6-1-2-7-17(15)25-22(16)27)23-13-5-10-21-24-18-8-3-4-9-19(18)28-21/h1-4,6-9,16H,5,10-14H2,(H,23,26)(H,25,27). The first kappa shape index (κ1) is 18.6. The number of aryl methyl sites for hydroxylation is 1. The first-order valence-corrected chi connectivity index (χ1v) is 10.5. The number of benzene rings is 2. The lowest BCUT2D eigenvalue weighted by atomic mass is 9.89. The van der Waals surface area contributed by atoms with Crippen LogP contribution in [-0.2, 0) is 22.4 Å². The van der Waals surface area contributed by atoms with Gasteiger partial charge in [-0.3, -0.25) is 9.59 Å². The molecule has 4 rings (SSSR count). The number of aromatic nitrogens is 1. The molecule has 6 heteroatoms. The van der Waals surface area contributed by atoms with Gasteiger partial charge in [0.2, 0.25) is 11.8 Å². The van der Waals surface area contributed by atoms with Crippen molar-refractivity contribution >= 4 is 39.1 Å². The van der Waals surface area contributed by atoms with Crippen LogP contribution in [0.25, 0.3) is 10.2 Å². The van der Waals surface area contributed by atoms with Gasteiger partial charge in [0.05, 0.1) is 15.2 Å². The molecule has 1 unspecified atom stereocenters. The van der Waals surface area contributed by atoms with Crippen LogP contribution >= 0.6 is 11.3 Å². The highest BCUT2D eigenvalue weighted by Gasteiger charge is 2.26. The molecule has 1 aromatic heterocycles. The summed E-state index contributed by atoms with van der Waals surface area (Å²) in [5.41, 5.74) is 3.07. The van der Waals surface area contributed by atoms with Crippen molar-refractivity contribution in [3.63, 3.8) is 0 Å². The Balaban J connectivity index is 1.18. The molecule has 0 saturated heterocycles. The zero-order valence-corrected chi connectivity index (χ0v) is 16.4. The Morgan fingerprint density at radius 3 is 2.89 bits per heavy atom. The van der Waals surface area contributed by atoms with Gasteiger partial charge in [-0.15, -0.1) is 11.3 Å². The summed E-state index contributed by atoms with van der Waals surface area (Å²) >= 11 is 1.71. The molecule has 2 aromatic carbocycles. The summed E-state index contributed by atoms with van der Waals surface area (Å²) in [7, 11) is 0. The highest BCUT2D eigenvalue weighted by atomic mass is 32.1. The lowest BCUT2D eigenvalue weighted by Gasteiger charge is -2.24. The number of para-hydroxylation sites is 2.